The van der Waals surface area contributed by atoms with E-state index in [-0.39, 0.29) is 12.4 Å². The SMILES string of the molecule is COC(=O)Cc1ccc(B2OC(C)(C)C(C)(C)O2)cc1OCCCc1cc(Cl)ccc1COc1cccc(Br)n1. The van der Waals surface area contributed by atoms with Gasteiger partial charge in [-0.2, -0.15) is 0 Å². The fourth-order valence-electron chi connectivity index (χ4n) is 4.24. The number of carbonyl (C=O) groups excluding carboxylic acids is 1. The Labute approximate surface area is 249 Å². The van der Waals surface area contributed by atoms with Gasteiger partial charge in [-0.3, -0.25) is 4.79 Å². The minimum Gasteiger partial charge on any atom is -0.493 e. The van der Waals surface area contributed by atoms with E-state index < -0.39 is 18.3 Å². The monoisotopic (exact) mass is 629 g/mol. The van der Waals surface area contributed by atoms with Crippen molar-refractivity contribution >= 4 is 46.1 Å². The Morgan fingerprint density at radius 2 is 1.70 bits per heavy atom. The van der Waals surface area contributed by atoms with Crippen LogP contribution in [0.2, 0.25) is 5.02 Å². The van der Waals surface area contributed by atoms with Gasteiger partial charge in [-0.1, -0.05) is 35.9 Å². The Morgan fingerprint density at radius 3 is 2.40 bits per heavy atom. The van der Waals surface area contributed by atoms with Crippen molar-refractivity contribution in [2.24, 2.45) is 0 Å². The zero-order chi connectivity index (χ0) is 28.9. The molecule has 0 radical (unpaired) electrons. The second kappa shape index (κ2) is 12.9. The first-order valence-electron chi connectivity index (χ1n) is 13.2. The molecule has 0 unspecified atom stereocenters. The Hall–Kier alpha value is -2.59. The quantitative estimate of drug-likeness (QED) is 0.110. The minimum absolute atomic E-state index is 0.106. The van der Waals surface area contributed by atoms with Crippen molar-refractivity contribution in [2.45, 2.75) is 64.8 Å². The maximum atomic E-state index is 12.1. The standard InChI is InChI=1S/C30H34BBrClNO6/c1-29(2)30(3,4)40-31(39-29)23-13-11-21(17-28(35)36-5)25(18-23)37-15-7-8-20-16-24(33)14-12-22(20)19-38-27-10-6-9-26(32)34-27/h6,9-14,16,18H,7-8,15,17,19H2,1-5H3. The van der Waals surface area contributed by atoms with Crippen LogP contribution in [0.4, 0.5) is 0 Å². The van der Waals surface area contributed by atoms with Crippen LogP contribution in [-0.2, 0) is 38.3 Å². The molecule has 3 aromatic rings. The summed E-state index contributed by atoms with van der Waals surface area (Å²) in [7, 11) is 0.842. The molecule has 0 bridgehead atoms. The lowest BCUT2D eigenvalue weighted by Crippen LogP contribution is -2.41. The van der Waals surface area contributed by atoms with Crippen molar-refractivity contribution in [3.63, 3.8) is 0 Å². The van der Waals surface area contributed by atoms with E-state index in [0.29, 0.717) is 34.5 Å². The van der Waals surface area contributed by atoms with Gasteiger partial charge in [0.25, 0.3) is 0 Å². The molecule has 7 nitrogen and oxygen atoms in total. The van der Waals surface area contributed by atoms with Crippen molar-refractivity contribution in [1.29, 1.82) is 0 Å². The van der Waals surface area contributed by atoms with E-state index in [1.54, 1.807) is 0 Å². The van der Waals surface area contributed by atoms with Crippen molar-refractivity contribution in [3.05, 3.63) is 80.9 Å². The van der Waals surface area contributed by atoms with Crippen molar-refractivity contribution < 1.29 is 28.3 Å². The molecular weight excluding hydrogens is 597 g/mol. The molecule has 1 aliphatic rings. The Balaban J connectivity index is 1.43. The molecule has 2 aromatic carbocycles. The zero-order valence-electron chi connectivity index (χ0n) is 23.5. The van der Waals surface area contributed by atoms with Gasteiger partial charge >= 0.3 is 13.1 Å². The highest BCUT2D eigenvalue weighted by molar-refractivity contribution is 9.10. The number of aryl methyl sites for hydroxylation is 1. The van der Waals surface area contributed by atoms with Crippen LogP contribution in [0.3, 0.4) is 0 Å². The molecule has 212 valence electrons. The maximum Gasteiger partial charge on any atom is 0.494 e. The van der Waals surface area contributed by atoms with E-state index >= 15 is 0 Å². The first-order chi connectivity index (χ1) is 19.0. The van der Waals surface area contributed by atoms with E-state index in [1.807, 2.05) is 82.3 Å². The topological polar surface area (TPSA) is 76.1 Å². The highest BCUT2D eigenvalue weighted by Gasteiger charge is 2.51. The number of methoxy groups -OCH3 is 1. The molecule has 2 heterocycles. The van der Waals surface area contributed by atoms with Crippen LogP contribution in [0.5, 0.6) is 11.6 Å². The molecule has 0 saturated carbocycles. The van der Waals surface area contributed by atoms with Gasteiger partial charge in [0.15, 0.2) is 0 Å². The zero-order valence-corrected chi connectivity index (χ0v) is 25.8. The molecule has 1 aliphatic heterocycles. The van der Waals surface area contributed by atoms with Gasteiger partial charge in [0, 0.05) is 16.7 Å². The van der Waals surface area contributed by atoms with E-state index in [0.717, 1.165) is 35.0 Å². The van der Waals surface area contributed by atoms with Crippen LogP contribution >= 0.6 is 27.5 Å². The fourth-order valence-corrected chi connectivity index (χ4v) is 4.76. The fraction of sp³-hybridized carbons (Fsp3) is 0.400. The lowest BCUT2D eigenvalue weighted by Gasteiger charge is -2.32. The smallest absolute Gasteiger partial charge is 0.493 e. The van der Waals surface area contributed by atoms with Gasteiger partial charge in [-0.25, -0.2) is 4.98 Å². The number of nitrogens with zero attached hydrogens (tertiary/aromatic N) is 1. The lowest BCUT2D eigenvalue weighted by atomic mass is 9.78. The van der Waals surface area contributed by atoms with Crippen molar-refractivity contribution in [1.82, 2.24) is 4.98 Å². The summed E-state index contributed by atoms with van der Waals surface area (Å²) in [6, 6.07) is 17.0. The first-order valence-corrected chi connectivity index (χ1v) is 14.4. The predicted molar refractivity (Wildman–Crippen MR) is 159 cm³/mol. The number of ether oxygens (including phenoxy) is 3. The Bertz CT molecular complexity index is 1340. The summed E-state index contributed by atoms with van der Waals surface area (Å²) >= 11 is 9.68. The summed E-state index contributed by atoms with van der Waals surface area (Å²) in [5, 5.41) is 0.663. The lowest BCUT2D eigenvalue weighted by molar-refractivity contribution is -0.139. The van der Waals surface area contributed by atoms with Gasteiger partial charge in [-0.15, -0.1) is 0 Å². The molecule has 0 spiro atoms. The third-order valence-corrected chi connectivity index (χ3v) is 7.94. The molecule has 0 N–H and O–H groups in total. The van der Waals surface area contributed by atoms with Crippen LogP contribution in [0, 0.1) is 0 Å². The highest BCUT2D eigenvalue weighted by atomic mass is 79.9. The third-order valence-electron chi connectivity index (χ3n) is 7.26. The molecule has 0 aliphatic carbocycles. The summed E-state index contributed by atoms with van der Waals surface area (Å²) in [5.74, 6) is 0.809. The number of esters is 1. The molecule has 10 heteroatoms. The summed E-state index contributed by atoms with van der Waals surface area (Å²) in [6.45, 7) is 8.86. The van der Waals surface area contributed by atoms with Gasteiger partial charge in [0.1, 0.15) is 17.0 Å². The van der Waals surface area contributed by atoms with Gasteiger partial charge < -0.3 is 23.5 Å². The number of hydrogen-bond donors (Lipinski definition) is 0. The van der Waals surface area contributed by atoms with Crippen LogP contribution in [0.1, 0.15) is 50.8 Å². The molecule has 0 amide bonds. The number of aromatic nitrogens is 1. The van der Waals surface area contributed by atoms with E-state index in [2.05, 4.69) is 20.9 Å². The summed E-state index contributed by atoms with van der Waals surface area (Å²) in [4.78, 5) is 16.4. The summed E-state index contributed by atoms with van der Waals surface area (Å²) in [6.07, 6.45) is 1.56. The number of benzene rings is 2. The Morgan fingerprint density at radius 1 is 0.975 bits per heavy atom. The van der Waals surface area contributed by atoms with E-state index in [1.165, 1.54) is 7.11 Å². The average molecular weight is 631 g/mol. The van der Waals surface area contributed by atoms with Crippen molar-refractivity contribution in [2.75, 3.05) is 13.7 Å². The number of halogens is 2. The summed E-state index contributed by atoms with van der Waals surface area (Å²) < 4.78 is 30.2. The molecule has 4 rings (SSSR count). The molecule has 1 saturated heterocycles. The Kier molecular flexibility index (Phi) is 9.82. The number of rotatable bonds is 11. The molecular formula is C30H34BBrClNO6. The van der Waals surface area contributed by atoms with Crippen LogP contribution in [0.15, 0.2) is 59.2 Å². The molecule has 0 atom stereocenters. The second-order valence-electron chi connectivity index (χ2n) is 10.7. The normalized spacial score (nSPS) is 15.6. The largest absolute Gasteiger partial charge is 0.494 e. The van der Waals surface area contributed by atoms with Gasteiger partial charge in [0.2, 0.25) is 5.88 Å². The maximum absolute atomic E-state index is 12.1. The molecule has 1 fully saturated rings. The van der Waals surface area contributed by atoms with E-state index in [9.17, 15) is 4.79 Å². The predicted octanol–water partition coefficient (Wildman–Crippen LogP) is 6.10. The van der Waals surface area contributed by atoms with Crippen LogP contribution in [-0.4, -0.2) is 43.0 Å². The van der Waals surface area contributed by atoms with E-state index in [4.69, 9.17) is 35.1 Å². The van der Waals surface area contributed by atoms with Crippen LogP contribution in [0.25, 0.3) is 0 Å². The number of carbonyl (C=O) groups is 1. The van der Waals surface area contributed by atoms with Crippen molar-refractivity contribution in [3.8, 4) is 11.6 Å². The summed E-state index contributed by atoms with van der Waals surface area (Å²) in [5.41, 5.74) is 2.75. The molecule has 40 heavy (non-hydrogen) atoms. The number of pyridine rings is 1. The third kappa shape index (κ3) is 7.57. The second-order valence-corrected chi connectivity index (χ2v) is 11.9. The van der Waals surface area contributed by atoms with Gasteiger partial charge in [-0.05, 0) is 97.3 Å². The average Bonchev–Trinajstić information content (AvgIpc) is 3.13. The first kappa shape index (κ1) is 30.4. The molecule has 1 aromatic heterocycles. The number of hydrogen-bond acceptors (Lipinski definition) is 7. The highest BCUT2D eigenvalue weighted by Crippen LogP contribution is 2.37. The van der Waals surface area contributed by atoms with Gasteiger partial charge in [0.05, 0.1) is 31.3 Å². The minimum atomic E-state index is -0.534. The van der Waals surface area contributed by atoms with Crippen LogP contribution < -0.4 is 14.9 Å².